The Bertz CT molecular complexity index is 909. The Balaban J connectivity index is 1.53. The zero-order valence-corrected chi connectivity index (χ0v) is 17.8. The summed E-state index contributed by atoms with van der Waals surface area (Å²) < 4.78 is 50.8. The van der Waals surface area contributed by atoms with Gasteiger partial charge in [-0.25, -0.2) is 0 Å². The Hall–Kier alpha value is -1.99. The molecule has 0 spiro atoms. The first-order chi connectivity index (χ1) is 14.0. The molecule has 0 aromatic heterocycles. The van der Waals surface area contributed by atoms with Crippen molar-refractivity contribution in [3.63, 3.8) is 0 Å². The molecule has 0 unspecified atom stereocenters. The number of benzene rings is 2. The van der Waals surface area contributed by atoms with Gasteiger partial charge in [-0.2, -0.15) is 13.2 Å². The van der Waals surface area contributed by atoms with E-state index in [1.165, 1.54) is 5.56 Å². The van der Waals surface area contributed by atoms with Gasteiger partial charge in [0.1, 0.15) is 0 Å². The summed E-state index contributed by atoms with van der Waals surface area (Å²) >= 11 is 0. The monoisotopic (exact) mass is 417 g/mol. The maximum atomic E-state index is 12.8. The average molecular weight is 417 g/mol. The predicted molar refractivity (Wildman–Crippen MR) is 113 cm³/mol. The summed E-state index contributed by atoms with van der Waals surface area (Å²) in [5.41, 5.74) is 2.83. The Morgan fingerprint density at radius 3 is 2.20 bits per heavy atom. The van der Waals surface area contributed by atoms with E-state index in [-0.39, 0.29) is 11.2 Å². The van der Waals surface area contributed by atoms with Crippen LogP contribution in [0.5, 0.6) is 0 Å². The summed E-state index contributed by atoms with van der Waals surface area (Å²) in [5.74, 6) is 0. The highest BCUT2D eigenvalue weighted by molar-refractivity contribution is 6.62. The maximum absolute atomic E-state index is 12.8. The van der Waals surface area contributed by atoms with Gasteiger partial charge in [-0.1, -0.05) is 24.3 Å². The first-order valence-electron chi connectivity index (χ1n) is 10.4. The number of hydrogen-bond acceptors (Lipinski definition) is 3. The van der Waals surface area contributed by atoms with Gasteiger partial charge in [0.25, 0.3) is 0 Å². The minimum atomic E-state index is -4.31. The van der Waals surface area contributed by atoms with Gasteiger partial charge >= 0.3 is 13.3 Å². The van der Waals surface area contributed by atoms with Crippen LogP contribution in [0.4, 0.5) is 18.9 Å². The Labute approximate surface area is 176 Å². The summed E-state index contributed by atoms with van der Waals surface area (Å²) in [6, 6.07) is 11.7. The molecule has 0 bridgehead atoms. The Kier molecular flexibility index (Phi) is 5.18. The van der Waals surface area contributed by atoms with Gasteiger partial charge in [0.2, 0.25) is 0 Å². The molecule has 0 N–H and O–H groups in total. The highest BCUT2D eigenvalue weighted by Crippen LogP contribution is 2.37. The average Bonchev–Trinajstić information content (AvgIpc) is 2.89. The van der Waals surface area contributed by atoms with E-state index in [1.54, 1.807) is 12.1 Å². The molecule has 160 valence electrons. The summed E-state index contributed by atoms with van der Waals surface area (Å²) in [6.07, 6.45) is -2.34. The van der Waals surface area contributed by atoms with Crippen molar-refractivity contribution in [1.29, 1.82) is 0 Å². The molecule has 0 aliphatic carbocycles. The number of anilines is 1. The minimum absolute atomic E-state index is 0.387. The molecule has 2 heterocycles. The third-order valence-electron chi connectivity index (χ3n) is 6.50. The number of alkyl halides is 3. The molecular weight excluding hydrogens is 390 g/mol. The van der Waals surface area contributed by atoms with Crippen molar-refractivity contribution in [3.8, 4) is 0 Å². The Morgan fingerprint density at radius 1 is 0.967 bits per heavy atom. The number of nitrogens with zero attached hydrogens (tertiary/aromatic N) is 1. The van der Waals surface area contributed by atoms with Gasteiger partial charge < -0.3 is 14.2 Å². The molecule has 2 aliphatic heterocycles. The molecule has 2 aromatic rings. The van der Waals surface area contributed by atoms with Crippen LogP contribution in [0, 0.1) is 0 Å². The third-order valence-corrected chi connectivity index (χ3v) is 6.50. The molecule has 0 amide bonds. The first-order valence-corrected chi connectivity index (χ1v) is 10.4. The van der Waals surface area contributed by atoms with Crippen LogP contribution in [-0.2, 0) is 28.5 Å². The van der Waals surface area contributed by atoms with E-state index in [4.69, 9.17) is 9.31 Å². The van der Waals surface area contributed by atoms with Crippen molar-refractivity contribution >= 4 is 18.3 Å². The second-order valence-electron chi connectivity index (χ2n) is 9.20. The SMILES string of the molecule is CC1(C)OB(c2ccc3c(c2)CCCN3Cc2ccc(C(F)(F)F)cc2)OC1(C)C. The van der Waals surface area contributed by atoms with E-state index in [0.29, 0.717) is 6.54 Å². The second-order valence-corrected chi connectivity index (χ2v) is 9.20. The van der Waals surface area contributed by atoms with Gasteiger partial charge in [-0.05, 0) is 75.3 Å². The summed E-state index contributed by atoms with van der Waals surface area (Å²) in [5, 5.41) is 0. The third kappa shape index (κ3) is 3.97. The predicted octanol–water partition coefficient (Wildman–Crippen LogP) is 4.96. The number of hydrogen-bond donors (Lipinski definition) is 0. The molecule has 0 atom stereocenters. The molecule has 1 fully saturated rings. The van der Waals surface area contributed by atoms with Gasteiger partial charge in [-0.3, -0.25) is 0 Å². The molecule has 7 heteroatoms. The lowest BCUT2D eigenvalue weighted by Gasteiger charge is -2.32. The van der Waals surface area contributed by atoms with Crippen molar-refractivity contribution in [1.82, 2.24) is 0 Å². The molecule has 2 aliphatic rings. The topological polar surface area (TPSA) is 21.7 Å². The Morgan fingerprint density at radius 2 is 1.60 bits per heavy atom. The first kappa shape index (κ1) is 21.3. The number of halogens is 3. The number of aryl methyl sites for hydroxylation is 1. The summed E-state index contributed by atoms with van der Waals surface area (Å²) in [6.45, 7) is 9.62. The summed E-state index contributed by atoms with van der Waals surface area (Å²) in [7, 11) is -0.398. The van der Waals surface area contributed by atoms with E-state index in [0.717, 1.165) is 48.2 Å². The molecule has 0 saturated carbocycles. The maximum Gasteiger partial charge on any atom is 0.494 e. The lowest BCUT2D eigenvalue weighted by Crippen LogP contribution is -2.41. The van der Waals surface area contributed by atoms with Crippen molar-refractivity contribution in [3.05, 3.63) is 59.2 Å². The standard InChI is InChI=1S/C23H27BF3NO2/c1-21(2)22(3,4)30-24(29-21)19-11-12-20-17(14-19)6-5-13-28(20)15-16-7-9-18(10-8-16)23(25,26)27/h7-12,14H,5-6,13,15H2,1-4H3. The molecular formula is C23H27BF3NO2. The molecule has 3 nitrogen and oxygen atoms in total. The smallest absolute Gasteiger partial charge is 0.399 e. The van der Waals surface area contributed by atoms with Gasteiger partial charge in [0.15, 0.2) is 0 Å². The van der Waals surface area contributed by atoms with Crippen LogP contribution in [0.15, 0.2) is 42.5 Å². The minimum Gasteiger partial charge on any atom is -0.399 e. The normalized spacial score (nSPS) is 20.4. The molecule has 1 saturated heterocycles. The van der Waals surface area contributed by atoms with E-state index in [2.05, 4.69) is 17.0 Å². The summed E-state index contributed by atoms with van der Waals surface area (Å²) in [4.78, 5) is 2.23. The van der Waals surface area contributed by atoms with Crippen LogP contribution >= 0.6 is 0 Å². The largest absolute Gasteiger partial charge is 0.494 e. The fourth-order valence-corrected chi connectivity index (χ4v) is 4.00. The molecule has 2 aromatic carbocycles. The van der Waals surface area contributed by atoms with Gasteiger partial charge in [0, 0.05) is 18.8 Å². The molecule has 4 rings (SSSR count). The van der Waals surface area contributed by atoms with E-state index >= 15 is 0 Å². The highest BCUT2D eigenvalue weighted by atomic mass is 19.4. The van der Waals surface area contributed by atoms with Crippen molar-refractivity contribution in [2.75, 3.05) is 11.4 Å². The number of rotatable bonds is 3. The van der Waals surface area contributed by atoms with Crippen LogP contribution in [0.3, 0.4) is 0 Å². The lowest BCUT2D eigenvalue weighted by molar-refractivity contribution is -0.137. The zero-order chi connectivity index (χ0) is 21.7. The fourth-order valence-electron chi connectivity index (χ4n) is 4.00. The lowest BCUT2D eigenvalue weighted by atomic mass is 9.77. The second kappa shape index (κ2) is 7.31. The van der Waals surface area contributed by atoms with Crippen LogP contribution < -0.4 is 10.4 Å². The van der Waals surface area contributed by atoms with E-state index in [9.17, 15) is 13.2 Å². The van der Waals surface area contributed by atoms with Crippen molar-refractivity contribution in [2.24, 2.45) is 0 Å². The van der Waals surface area contributed by atoms with E-state index in [1.807, 2.05) is 33.8 Å². The van der Waals surface area contributed by atoms with Gasteiger partial charge in [0.05, 0.1) is 16.8 Å². The van der Waals surface area contributed by atoms with Crippen molar-refractivity contribution in [2.45, 2.75) is 64.5 Å². The van der Waals surface area contributed by atoms with Crippen LogP contribution in [0.25, 0.3) is 0 Å². The highest BCUT2D eigenvalue weighted by Gasteiger charge is 2.51. The zero-order valence-electron chi connectivity index (χ0n) is 17.8. The molecule has 30 heavy (non-hydrogen) atoms. The van der Waals surface area contributed by atoms with Crippen molar-refractivity contribution < 1.29 is 22.5 Å². The quantitative estimate of drug-likeness (QED) is 0.660. The number of fused-ring (bicyclic) bond motifs is 1. The van der Waals surface area contributed by atoms with Gasteiger partial charge in [-0.15, -0.1) is 0 Å². The van der Waals surface area contributed by atoms with Crippen LogP contribution in [-0.4, -0.2) is 24.9 Å². The molecule has 0 radical (unpaired) electrons. The van der Waals surface area contributed by atoms with Crippen LogP contribution in [0.2, 0.25) is 0 Å². The van der Waals surface area contributed by atoms with E-state index < -0.39 is 18.9 Å². The fraction of sp³-hybridized carbons (Fsp3) is 0.478. The van der Waals surface area contributed by atoms with Crippen LogP contribution in [0.1, 0.15) is 50.8 Å².